The van der Waals surface area contributed by atoms with Crippen LogP contribution in [0.4, 0.5) is 5.69 Å². The molecule has 0 bridgehead atoms. The van der Waals surface area contributed by atoms with Crippen LogP contribution in [0.3, 0.4) is 0 Å². The van der Waals surface area contributed by atoms with E-state index in [0.29, 0.717) is 0 Å². The predicted molar refractivity (Wildman–Crippen MR) is 100 cm³/mol. The molecule has 0 unspecified atom stereocenters. The third kappa shape index (κ3) is 6.79. The molecule has 0 aliphatic carbocycles. The van der Waals surface area contributed by atoms with E-state index in [1.54, 1.807) is 18.2 Å². The topological polar surface area (TPSA) is 114 Å². The molecule has 0 radical (unpaired) electrons. The quantitative estimate of drug-likeness (QED) is 0.489. The van der Waals surface area contributed by atoms with Crippen molar-refractivity contribution in [1.82, 2.24) is 9.71 Å². The van der Waals surface area contributed by atoms with E-state index < -0.39 is 28.5 Å². The van der Waals surface area contributed by atoms with Gasteiger partial charge in [-0.25, -0.2) is 18.1 Å². The molecular weight excluding hydrogens is 417 g/mol. The molecule has 144 valence electrons. The van der Waals surface area contributed by atoms with Gasteiger partial charge in [0.15, 0.2) is 11.8 Å². The van der Waals surface area contributed by atoms with E-state index in [1.807, 2.05) is 0 Å². The van der Waals surface area contributed by atoms with Gasteiger partial charge in [-0.2, -0.15) is 0 Å². The van der Waals surface area contributed by atoms with Gasteiger partial charge in [0.05, 0.1) is 17.0 Å². The largest absolute Gasteiger partial charge is 0.456 e. The molecule has 1 heterocycles. The standard InChI is InChI=1S/C16H15Cl2N3O5S/c17-11-3-1-4-12(9-11)27(24,25)20-8-6-15(23)26-10-14(22)21-13-5-2-7-19-16(13)18/h1-5,7,9,20H,6,8,10H2,(H,21,22). The van der Waals surface area contributed by atoms with Crippen LogP contribution in [0, 0.1) is 0 Å². The minimum atomic E-state index is -3.80. The summed E-state index contributed by atoms with van der Waals surface area (Å²) in [5.41, 5.74) is 0.287. The van der Waals surface area contributed by atoms with E-state index >= 15 is 0 Å². The van der Waals surface area contributed by atoms with Gasteiger partial charge in [-0.1, -0.05) is 29.3 Å². The van der Waals surface area contributed by atoms with E-state index in [4.69, 9.17) is 27.9 Å². The molecule has 0 spiro atoms. The highest BCUT2D eigenvalue weighted by molar-refractivity contribution is 7.89. The SMILES string of the molecule is O=C(COC(=O)CCNS(=O)(=O)c1cccc(Cl)c1)Nc1cccnc1Cl. The number of carbonyl (C=O) groups is 2. The van der Waals surface area contributed by atoms with E-state index in [9.17, 15) is 18.0 Å². The summed E-state index contributed by atoms with van der Waals surface area (Å²) < 4.78 is 31.2. The van der Waals surface area contributed by atoms with Gasteiger partial charge in [0.25, 0.3) is 5.91 Å². The fourth-order valence-electron chi connectivity index (χ4n) is 1.89. The van der Waals surface area contributed by atoms with E-state index in [1.165, 1.54) is 24.4 Å². The summed E-state index contributed by atoms with van der Waals surface area (Å²) in [6.45, 7) is -0.727. The predicted octanol–water partition coefficient (Wildman–Crippen LogP) is 2.24. The van der Waals surface area contributed by atoms with Crippen molar-refractivity contribution in [3.05, 3.63) is 52.8 Å². The lowest BCUT2D eigenvalue weighted by Crippen LogP contribution is -2.28. The first-order valence-electron chi connectivity index (χ1n) is 7.59. The number of benzene rings is 1. The average molecular weight is 432 g/mol. The maximum Gasteiger partial charge on any atom is 0.307 e. The normalized spacial score (nSPS) is 11.0. The van der Waals surface area contributed by atoms with Crippen LogP contribution in [0.2, 0.25) is 10.2 Å². The lowest BCUT2D eigenvalue weighted by Gasteiger charge is -2.08. The van der Waals surface area contributed by atoms with Gasteiger partial charge in [-0.3, -0.25) is 9.59 Å². The highest BCUT2D eigenvalue weighted by Gasteiger charge is 2.15. The molecule has 8 nitrogen and oxygen atoms in total. The van der Waals surface area contributed by atoms with Crippen LogP contribution in [0.1, 0.15) is 6.42 Å². The first kappa shape index (κ1) is 21.1. The van der Waals surface area contributed by atoms with Gasteiger partial charge in [0.2, 0.25) is 10.0 Å². The van der Waals surface area contributed by atoms with E-state index in [-0.39, 0.29) is 33.7 Å². The number of hydrogen-bond acceptors (Lipinski definition) is 6. The second-order valence-corrected chi connectivity index (χ2v) is 7.72. The number of hydrogen-bond donors (Lipinski definition) is 2. The number of aromatic nitrogens is 1. The third-order valence-electron chi connectivity index (χ3n) is 3.13. The number of anilines is 1. The lowest BCUT2D eigenvalue weighted by atomic mass is 10.4. The molecule has 0 saturated carbocycles. The molecular formula is C16H15Cl2N3O5S. The number of nitrogens with one attached hydrogen (secondary N) is 2. The number of rotatable bonds is 8. The summed E-state index contributed by atoms with van der Waals surface area (Å²) in [6, 6.07) is 8.83. The molecule has 0 fully saturated rings. The summed E-state index contributed by atoms with van der Waals surface area (Å²) in [5, 5.41) is 2.82. The molecule has 2 N–H and O–H groups in total. The Morgan fingerprint density at radius 3 is 2.63 bits per heavy atom. The Morgan fingerprint density at radius 1 is 1.15 bits per heavy atom. The maximum atomic E-state index is 12.1. The van der Waals surface area contributed by atoms with Gasteiger partial charge >= 0.3 is 5.97 Å². The van der Waals surface area contributed by atoms with Crippen LogP contribution in [0.25, 0.3) is 0 Å². The Morgan fingerprint density at radius 2 is 1.93 bits per heavy atom. The van der Waals surface area contributed by atoms with Crippen LogP contribution >= 0.6 is 23.2 Å². The number of pyridine rings is 1. The number of nitrogens with zero attached hydrogens (tertiary/aromatic N) is 1. The summed E-state index contributed by atoms with van der Waals surface area (Å²) in [5.74, 6) is -1.34. The minimum absolute atomic E-state index is 0.0175. The van der Waals surface area contributed by atoms with E-state index in [2.05, 4.69) is 15.0 Å². The number of esters is 1. The van der Waals surface area contributed by atoms with Crippen molar-refractivity contribution in [2.75, 3.05) is 18.5 Å². The number of carbonyl (C=O) groups excluding carboxylic acids is 2. The lowest BCUT2D eigenvalue weighted by molar-refractivity contribution is -0.147. The van der Waals surface area contributed by atoms with Gasteiger partial charge in [-0.05, 0) is 30.3 Å². The Hall–Kier alpha value is -2.20. The van der Waals surface area contributed by atoms with Crippen molar-refractivity contribution < 1.29 is 22.7 Å². The van der Waals surface area contributed by atoms with Crippen molar-refractivity contribution in [3.8, 4) is 0 Å². The molecule has 27 heavy (non-hydrogen) atoms. The fourth-order valence-corrected chi connectivity index (χ4v) is 3.39. The van der Waals surface area contributed by atoms with Gasteiger partial charge in [0, 0.05) is 17.8 Å². The molecule has 0 atom stereocenters. The summed E-state index contributed by atoms with van der Waals surface area (Å²) >= 11 is 11.6. The highest BCUT2D eigenvalue weighted by atomic mass is 35.5. The Labute approximate surface area is 165 Å². The van der Waals surface area contributed by atoms with Crippen LogP contribution in [0.15, 0.2) is 47.5 Å². The molecule has 2 aromatic rings. The molecule has 0 saturated heterocycles. The number of ether oxygens (including phenoxy) is 1. The zero-order chi connectivity index (χ0) is 19.9. The van der Waals surface area contributed by atoms with E-state index in [0.717, 1.165) is 0 Å². The first-order chi connectivity index (χ1) is 12.8. The molecule has 0 aliphatic heterocycles. The summed E-state index contributed by atoms with van der Waals surface area (Å²) in [4.78, 5) is 27.1. The summed E-state index contributed by atoms with van der Waals surface area (Å²) in [6.07, 6.45) is 1.21. The van der Waals surface area contributed by atoms with Crippen LogP contribution in [-0.4, -0.2) is 38.4 Å². The van der Waals surface area contributed by atoms with Crippen LogP contribution < -0.4 is 10.0 Å². The van der Waals surface area contributed by atoms with Crippen molar-refractivity contribution in [3.63, 3.8) is 0 Å². The zero-order valence-electron chi connectivity index (χ0n) is 13.8. The summed E-state index contributed by atoms with van der Waals surface area (Å²) in [7, 11) is -3.80. The number of amides is 1. The second-order valence-electron chi connectivity index (χ2n) is 5.16. The monoisotopic (exact) mass is 431 g/mol. The molecule has 1 amide bonds. The smallest absolute Gasteiger partial charge is 0.307 e. The molecule has 11 heteroatoms. The van der Waals surface area contributed by atoms with Crippen molar-refractivity contribution in [2.24, 2.45) is 0 Å². The van der Waals surface area contributed by atoms with Crippen LogP contribution in [0.5, 0.6) is 0 Å². The minimum Gasteiger partial charge on any atom is -0.456 e. The van der Waals surface area contributed by atoms with Gasteiger partial charge < -0.3 is 10.1 Å². The molecule has 0 aliphatic rings. The Bertz CT molecular complexity index is 937. The van der Waals surface area contributed by atoms with Crippen molar-refractivity contribution >= 4 is 50.8 Å². The second kappa shape index (κ2) is 9.65. The number of sulfonamides is 1. The van der Waals surface area contributed by atoms with Gasteiger partial charge in [-0.15, -0.1) is 0 Å². The van der Waals surface area contributed by atoms with Crippen molar-refractivity contribution in [2.45, 2.75) is 11.3 Å². The maximum absolute atomic E-state index is 12.1. The van der Waals surface area contributed by atoms with Crippen LogP contribution in [-0.2, 0) is 24.3 Å². The fraction of sp³-hybridized carbons (Fsp3) is 0.188. The van der Waals surface area contributed by atoms with Gasteiger partial charge in [0.1, 0.15) is 0 Å². The molecule has 1 aromatic heterocycles. The molecule has 1 aromatic carbocycles. The third-order valence-corrected chi connectivity index (χ3v) is 5.12. The first-order valence-corrected chi connectivity index (χ1v) is 9.83. The number of halogens is 2. The zero-order valence-corrected chi connectivity index (χ0v) is 16.1. The highest BCUT2D eigenvalue weighted by Crippen LogP contribution is 2.17. The average Bonchev–Trinajstić information content (AvgIpc) is 2.62. The Balaban J connectivity index is 1.74. The molecule has 2 rings (SSSR count). The Kier molecular flexibility index (Phi) is 7.55. The van der Waals surface area contributed by atoms with Crippen molar-refractivity contribution in [1.29, 1.82) is 0 Å².